The maximum atomic E-state index is 13.0. The first-order chi connectivity index (χ1) is 17.3. The fraction of sp³-hybridized carbons (Fsp3) is 0.292. The minimum Gasteiger partial charge on any atom is -0.539 e. The molecule has 0 bridgehead atoms. The third-order valence-corrected chi connectivity index (χ3v) is 5.48. The van der Waals surface area contributed by atoms with E-state index in [9.17, 15) is 19.5 Å². The van der Waals surface area contributed by atoms with Crippen LogP contribution < -0.4 is 25.2 Å². The second-order valence-electron chi connectivity index (χ2n) is 8.05. The van der Waals surface area contributed by atoms with E-state index in [-0.39, 0.29) is 37.7 Å². The van der Waals surface area contributed by atoms with Crippen LogP contribution >= 0.6 is 0 Å². The quantitative estimate of drug-likeness (QED) is 0.435. The van der Waals surface area contributed by atoms with Gasteiger partial charge in [0.05, 0.1) is 25.4 Å². The Balaban J connectivity index is 1.39. The van der Waals surface area contributed by atoms with Gasteiger partial charge in [0.15, 0.2) is 5.95 Å². The molecule has 4 rings (SSSR count). The molecule has 2 aromatic carbocycles. The van der Waals surface area contributed by atoms with E-state index in [1.54, 1.807) is 55.6 Å². The van der Waals surface area contributed by atoms with Gasteiger partial charge in [-0.25, -0.2) is 0 Å². The molecule has 2 N–H and O–H groups in total. The number of hydrogen-bond acceptors (Lipinski definition) is 8. The molecule has 1 aliphatic heterocycles. The van der Waals surface area contributed by atoms with Gasteiger partial charge < -0.3 is 34.6 Å². The maximum Gasteiger partial charge on any atom is 0.259 e. The normalized spacial score (nSPS) is 15.4. The number of carbonyl (C=O) groups is 3. The molecule has 188 valence electrons. The molecule has 1 unspecified atom stereocenters. The third-order valence-electron chi connectivity index (χ3n) is 5.48. The van der Waals surface area contributed by atoms with Crippen LogP contribution in [-0.2, 0) is 25.7 Å². The molecule has 1 saturated heterocycles. The van der Waals surface area contributed by atoms with Gasteiger partial charge in [0.25, 0.3) is 11.6 Å². The van der Waals surface area contributed by atoms with Crippen LogP contribution in [-0.4, -0.2) is 54.3 Å². The van der Waals surface area contributed by atoms with Crippen molar-refractivity contribution in [3.63, 3.8) is 0 Å². The van der Waals surface area contributed by atoms with Gasteiger partial charge in [-0.05, 0) is 41.1 Å². The Kier molecular flexibility index (Phi) is 7.44. The molecule has 0 radical (unpaired) electrons. The Labute approximate surface area is 206 Å². The first-order valence-electron chi connectivity index (χ1n) is 11.1. The number of carbonyl (C=O) groups excluding carboxylic acids is 3. The maximum absolute atomic E-state index is 13.0. The van der Waals surface area contributed by atoms with E-state index in [1.807, 2.05) is 0 Å². The lowest BCUT2D eigenvalue weighted by atomic mass is 10.1. The van der Waals surface area contributed by atoms with Crippen molar-refractivity contribution < 1.29 is 38.2 Å². The van der Waals surface area contributed by atoms with Crippen molar-refractivity contribution in [1.82, 2.24) is 10.2 Å². The van der Waals surface area contributed by atoms with E-state index in [4.69, 9.17) is 14.0 Å². The van der Waals surface area contributed by atoms with Gasteiger partial charge in [0.2, 0.25) is 17.5 Å². The Morgan fingerprint density at radius 1 is 1.14 bits per heavy atom. The summed E-state index contributed by atoms with van der Waals surface area (Å²) in [5, 5.41) is 21.5. The Bertz CT molecular complexity index is 1240. The highest BCUT2D eigenvalue weighted by atomic mass is 16.6. The molecular weight excluding hydrogens is 470 g/mol. The zero-order chi connectivity index (χ0) is 25.7. The van der Waals surface area contributed by atoms with Crippen LogP contribution in [0.5, 0.6) is 11.7 Å². The molecule has 36 heavy (non-hydrogen) atoms. The number of morpholine rings is 1. The number of anilines is 2. The standard InChI is InChI=1S/C24H25N5O7/c1-15(30)25-16-3-5-17(6-4-16)26-22(31)13-21-23(32)28(11-12-35-21)14-20-24(33)36-27-29(20)18-7-9-19(34-2)10-8-18/h3-10,21,27,33H,11-14H2,1-2H3. The number of ether oxygens (including phenoxy) is 2. The number of amides is 3. The van der Waals surface area contributed by atoms with Crippen LogP contribution in [0.1, 0.15) is 19.0 Å². The molecule has 1 atom stereocenters. The van der Waals surface area contributed by atoms with Gasteiger partial charge in [-0.2, -0.15) is 0 Å². The Morgan fingerprint density at radius 3 is 2.44 bits per heavy atom. The van der Waals surface area contributed by atoms with E-state index in [2.05, 4.69) is 15.9 Å². The lowest BCUT2D eigenvalue weighted by Crippen LogP contribution is -2.50. The van der Waals surface area contributed by atoms with E-state index in [1.165, 1.54) is 16.5 Å². The lowest BCUT2D eigenvalue weighted by molar-refractivity contribution is -0.678. The molecule has 3 aromatic rings. The van der Waals surface area contributed by atoms with Gasteiger partial charge >= 0.3 is 0 Å². The predicted molar refractivity (Wildman–Crippen MR) is 123 cm³/mol. The van der Waals surface area contributed by atoms with Crippen molar-refractivity contribution in [3.8, 4) is 17.4 Å². The fourth-order valence-electron chi connectivity index (χ4n) is 3.72. The van der Waals surface area contributed by atoms with Gasteiger partial charge in [-0.3, -0.25) is 14.4 Å². The molecule has 3 amide bonds. The molecule has 1 aromatic heterocycles. The molecule has 1 aliphatic rings. The van der Waals surface area contributed by atoms with Crippen LogP contribution in [0.3, 0.4) is 0 Å². The first kappa shape index (κ1) is 24.7. The summed E-state index contributed by atoms with van der Waals surface area (Å²) in [7, 11) is 1.55. The summed E-state index contributed by atoms with van der Waals surface area (Å²) in [5.74, 6) is -1.05. The second-order valence-corrected chi connectivity index (χ2v) is 8.05. The number of hydrogen-bond donors (Lipinski definition) is 2. The molecule has 12 heteroatoms. The van der Waals surface area contributed by atoms with Gasteiger partial charge in [0.1, 0.15) is 18.4 Å². The average Bonchev–Trinajstić information content (AvgIpc) is 3.22. The highest BCUT2D eigenvalue weighted by Crippen LogP contribution is 2.20. The smallest absolute Gasteiger partial charge is 0.259 e. The summed E-state index contributed by atoms with van der Waals surface area (Å²) in [5.41, 5.74) is 1.84. The zero-order valence-electron chi connectivity index (χ0n) is 19.7. The van der Waals surface area contributed by atoms with E-state index in [0.717, 1.165) is 0 Å². The van der Waals surface area contributed by atoms with Crippen LogP contribution in [0, 0.1) is 0 Å². The molecule has 0 saturated carbocycles. The highest BCUT2D eigenvalue weighted by Gasteiger charge is 2.34. The van der Waals surface area contributed by atoms with Crippen molar-refractivity contribution in [2.75, 3.05) is 30.9 Å². The number of rotatable bonds is 8. The molecule has 2 heterocycles. The first-order valence-corrected chi connectivity index (χ1v) is 11.1. The molecule has 0 aliphatic carbocycles. The van der Waals surface area contributed by atoms with Gasteiger partial charge in [0, 0.05) is 37.0 Å². The summed E-state index contributed by atoms with van der Waals surface area (Å²) in [6, 6.07) is 13.4. The SMILES string of the molecule is COc1ccc(-[n+]2noc([O-])c2CN2CCOC(CC(=O)Nc3ccc(NC(C)=O)cc3)C2=O)cc1. The number of nitrogens with zero attached hydrogens (tertiary/aromatic N) is 3. The van der Waals surface area contributed by atoms with Crippen molar-refractivity contribution >= 4 is 29.1 Å². The molecule has 0 spiro atoms. The highest BCUT2D eigenvalue weighted by molar-refractivity contribution is 5.95. The minimum absolute atomic E-state index is 0.0563. The summed E-state index contributed by atoms with van der Waals surface area (Å²) < 4.78 is 16.9. The van der Waals surface area contributed by atoms with Gasteiger partial charge in [-0.1, -0.05) is 0 Å². The van der Waals surface area contributed by atoms with Crippen molar-refractivity contribution in [1.29, 1.82) is 0 Å². The van der Waals surface area contributed by atoms with Crippen LogP contribution in [0.15, 0.2) is 53.1 Å². The van der Waals surface area contributed by atoms with Gasteiger partial charge in [-0.15, -0.1) is 0 Å². The van der Waals surface area contributed by atoms with E-state index >= 15 is 0 Å². The van der Waals surface area contributed by atoms with Crippen molar-refractivity contribution in [3.05, 3.63) is 54.2 Å². The van der Waals surface area contributed by atoms with Crippen LogP contribution in [0.4, 0.5) is 11.4 Å². The number of methoxy groups -OCH3 is 1. The minimum atomic E-state index is -0.998. The number of aromatic nitrogens is 2. The summed E-state index contributed by atoms with van der Waals surface area (Å²) in [6.07, 6.45) is -1.20. The van der Waals surface area contributed by atoms with Crippen LogP contribution in [0.25, 0.3) is 5.69 Å². The van der Waals surface area contributed by atoms with Crippen LogP contribution in [0.2, 0.25) is 0 Å². The van der Waals surface area contributed by atoms with E-state index in [0.29, 0.717) is 22.8 Å². The molecule has 12 nitrogen and oxygen atoms in total. The molecule has 1 fully saturated rings. The average molecular weight is 495 g/mol. The Morgan fingerprint density at radius 2 is 1.81 bits per heavy atom. The summed E-state index contributed by atoms with van der Waals surface area (Å²) in [4.78, 5) is 38.1. The molecular formula is C24H25N5O7. The zero-order valence-corrected chi connectivity index (χ0v) is 19.7. The summed E-state index contributed by atoms with van der Waals surface area (Å²) >= 11 is 0. The largest absolute Gasteiger partial charge is 0.539 e. The second kappa shape index (κ2) is 10.9. The monoisotopic (exact) mass is 495 g/mol. The van der Waals surface area contributed by atoms with Crippen molar-refractivity contribution in [2.24, 2.45) is 0 Å². The summed E-state index contributed by atoms with van der Waals surface area (Å²) in [6.45, 7) is 1.80. The topological polar surface area (TPSA) is 150 Å². The van der Waals surface area contributed by atoms with E-state index < -0.39 is 23.9 Å². The predicted octanol–water partition coefficient (Wildman–Crippen LogP) is 0.748. The van der Waals surface area contributed by atoms with Crippen molar-refractivity contribution in [2.45, 2.75) is 26.0 Å². The Hall–Kier alpha value is -4.45. The number of nitrogens with one attached hydrogen (secondary N) is 2. The third kappa shape index (κ3) is 5.78. The fourth-order valence-corrected chi connectivity index (χ4v) is 3.72. The number of benzene rings is 2. The lowest BCUT2D eigenvalue weighted by Gasteiger charge is -2.31.